The second-order valence-electron chi connectivity index (χ2n) is 4.56. The molecule has 0 aliphatic heterocycles. The lowest BCUT2D eigenvalue weighted by atomic mass is 9.87. The zero-order valence-electron chi connectivity index (χ0n) is 11.6. The van der Waals surface area contributed by atoms with E-state index in [1.165, 1.54) is 19.1 Å². The molecule has 1 rings (SSSR count). The molecule has 0 aliphatic carbocycles. The topological polar surface area (TPSA) is 63.6 Å². The molecule has 0 aliphatic rings. The number of ketones is 1. The maximum absolute atomic E-state index is 13.2. The van der Waals surface area contributed by atoms with Crippen LogP contribution in [0.25, 0.3) is 0 Å². The fourth-order valence-electron chi connectivity index (χ4n) is 1.81. The van der Waals surface area contributed by atoms with Crippen LogP contribution >= 0.6 is 11.6 Å². The lowest BCUT2D eigenvalue weighted by Crippen LogP contribution is -2.44. The highest BCUT2D eigenvalue weighted by Gasteiger charge is 2.55. The van der Waals surface area contributed by atoms with Crippen molar-refractivity contribution in [3.63, 3.8) is 0 Å². The van der Waals surface area contributed by atoms with Gasteiger partial charge in [-0.05, 0) is 24.6 Å². The van der Waals surface area contributed by atoms with E-state index in [0.29, 0.717) is 0 Å². The van der Waals surface area contributed by atoms with E-state index in [0.717, 1.165) is 12.1 Å². The molecule has 0 radical (unpaired) electrons. The molecule has 1 aromatic rings. The van der Waals surface area contributed by atoms with Gasteiger partial charge in [0.25, 0.3) is 0 Å². The minimum atomic E-state index is -5.09. The Balaban J connectivity index is 3.01. The lowest BCUT2D eigenvalue weighted by Gasteiger charge is -2.30. The number of benzene rings is 1. The second kappa shape index (κ2) is 7.11. The van der Waals surface area contributed by atoms with Crippen LogP contribution in [0.5, 0.6) is 0 Å². The van der Waals surface area contributed by atoms with Crippen molar-refractivity contribution >= 4 is 23.4 Å². The highest BCUT2D eigenvalue weighted by molar-refractivity contribution is 6.30. The van der Waals surface area contributed by atoms with Crippen molar-refractivity contribution in [3.8, 4) is 0 Å². The Morgan fingerprint density at radius 1 is 1.23 bits per heavy atom. The summed E-state index contributed by atoms with van der Waals surface area (Å²) >= 11 is 5.59. The van der Waals surface area contributed by atoms with Gasteiger partial charge < -0.3 is 9.84 Å². The molecule has 1 aromatic carbocycles. The van der Waals surface area contributed by atoms with Gasteiger partial charge in [0.2, 0.25) is 0 Å². The van der Waals surface area contributed by atoms with E-state index in [-0.39, 0.29) is 11.6 Å². The minimum absolute atomic E-state index is 0.00678. The van der Waals surface area contributed by atoms with E-state index in [1.807, 2.05) is 0 Å². The van der Waals surface area contributed by atoms with Gasteiger partial charge in [-0.3, -0.25) is 9.59 Å². The van der Waals surface area contributed by atoms with E-state index < -0.39 is 41.9 Å². The van der Waals surface area contributed by atoms with Crippen LogP contribution in [-0.4, -0.2) is 29.6 Å². The second-order valence-corrected chi connectivity index (χ2v) is 5.00. The molecule has 22 heavy (non-hydrogen) atoms. The molecule has 1 atom stereocenters. The number of halogens is 4. The van der Waals surface area contributed by atoms with Crippen LogP contribution in [0.15, 0.2) is 24.3 Å². The molecule has 122 valence electrons. The van der Waals surface area contributed by atoms with Gasteiger partial charge in [-0.1, -0.05) is 23.7 Å². The number of esters is 1. The molecule has 0 fully saturated rings. The highest BCUT2D eigenvalue weighted by atomic mass is 35.5. The summed E-state index contributed by atoms with van der Waals surface area (Å²) in [6.07, 6.45) is -7.21. The zero-order valence-corrected chi connectivity index (χ0v) is 12.4. The number of alkyl halides is 3. The fraction of sp³-hybridized carbons (Fsp3) is 0.429. The molecule has 4 nitrogen and oxygen atoms in total. The van der Waals surface area contributed by atoms with Gasteiger partial charge in [-0.2, -0.15) is 13.2 Å². The maximum atomic E-state index is 13.2. The first-order chi connectivity index (χ1) is 10.1. The van der Waals surface area contributed by atoms with Crippen LogP contribution < -0.4 is 0 Å². The van der Waals surface area contributed by atoms with Crippen LogP contribution in [0, 0.1) is 0 Å². The maximum Gasteiger partial charge on any atom is 0.421 e. The van der Waals surface area contributed by atoms with Crippen LogP contribution in [0.4, 0.5) is 13.2 Å². The van der Waals surface area contributed by atoms with Gasteiger partial charge in [0.15, 0.2) is 5.60 Å². The van der Waals surface area contributed by atoms with Crippen LogP contribution in [-0.2, 0) is 19.9 Å². The minimum Gasteiger partial charge on any atom is -0.466 e. The standard InChI is InChI=1S/C14H14ClF3O4/c1-2-22-12(20)7-11(19)8-13(21,14(16,17)18)9-3-5-10(15)6-4-9/h3-6,21H,2,7-8H2,1H3/t13-/m1/s1. The van der Waals surface area contributed by atoms with E-state index in [1.54, 1.807) is 0 Å². The Bertz CT molecular complexity index is 542. The number of carbonyl (C=O) groups excluding carboxylic acids is 2. The van der Waals surface area contributed by atoms with E-state index in [4.69, 9.17) is 11.6 Å². The average Bonchev–Trinajstić information content (AvgIpc) is 2.37. The lowest BCUT2D eigenvalue weighted by molar-refractivity contribution is -0.267. The van der Waals surface area contributed by atoms with Gasteiger partial charge in [-0.15, -0.1) is 0 Å². The molecule has 1 N–H and O–H groups in total. The largest absolute Gasteiger partial charge is 0.466 e. The molecule has 8 heteroatoms. The smallest absolute Gasteiger partial charge is 0.421 e. The molecule has 0 amide bonds. The number of ether oxygens (including phenoxy) is 1. The van der Waals surface area contributed by atoms with Gasteiger partial charge in [-0.25, -0.2) is 0 Å². The van der Waals surface area contributed by atoms with Gasteiger partial charge >= 0.3 is 12.1 Å². The van der Waals surface area contributed by atoms with Crippen molar-refractivity contribution in [1.82, 2.24) is 0 Å². The van der Waals surface area contributed by atoms with Gasteiger partial charge in [0, 0.05) is 11.4 Å². The SMILES string of the molecule is CCOC(=O)CC(=O)C[C@@](O)(c1ccc(Cl)cc1)C(F)(F)F. The number of rotatable bonds is 6. The van der Waals surface area contributed by atoms with Crippen LogP contribution in [0.2, 0.25) is 5.02 Å². The normalized spacial score (nSPS) is 14.3. The van der Waals surface area contributed by atoms with E-state index >= 15 is 0 Å². The van der Waals surface area contributed by atoms with Crippen molar-refractivity contribution in [3.05, 3.63) is 34.9 Å². The van der Waals surface area contributed by atoms with Crippen molar-refractivity contribution < 1.29 is 32.6 Å². The third-order valence-electron chi connectivity index (χ3n) is 2.89. The molecule has 0 heterocycles. The predicted molar refractivity (Wildman–Crippen MR) is 72.3 cm³/mol. The number of hydrogen-bond donors (Lipinski definition) is 1. The summed E-state index contributed by atoms with van der Waals surface area (Å²) in [5.41, 5.74) is -3.91. The zero-order chi connectivity index (χ0) is 17.0. The predicted octanol–water partition coefficient (Wildman–Crippen LogP) is 3.00. The summed E-state index contributed by atoms with van der Waals surface area (Å²) in [5.74, 6) is -2.01. The van der Waals surface area contributed by atoms with Gasteiger partial charge in [0.05, 0.1) is 6.61 Å². The Morgan fingerprint density at radius 3 is 2.23 bits per heavy atom. The molecular formula is C14H14ClF3O4. The van der Waals surface area contributed by atoms with Crippen molar-refractivity contribution in [2.75, 3.05) is 6.61 Å². The van der Waals surface area contributed by atoms with E-state index in [9.17, 15) is 27.9 Å². The third-order valence-corrected chi connectivity index (χ3v) is 3.14. The van der Waals surface area contributed by atoms with Gasteiger partial charge in [0.1, 0.15) is 12.2 Å². The molecule has 0 saturated carbocycles. The Labute approximate surface area is 129 Å². The molecule has 0 bridgehead atoms. The summed E-state index contributed by atoms with van der Waals surface area (Å²) in [5, 5.41) is 10.2. The number of Topliss-reactive ketones (excluding diaryl/α,β-unsaturated/α-hetero) is 1. The number of aliphatic hydroxyl groups is 1. The Kier molecular flexibility index (Phi) is 5.96. The summed E-state index contributed by atoms with van der Waals surface area (Å²) in [7, 11) is 0. The van der Waals surface area contributed by atoms with E-state index in [2.05, 4.69) is 4.74 Å². The quantitative estimate of drug-likeness (QED) is 0.639. The summed E-state index contributed by atoms with van der Waals surface area (Å²) in [6.45, 7) is 1.51. The Morgan fingerprint density at radius 2 is 1.77 bits per heavy atom. The summed E-state index contributed by atoms with van der Waals surface area (Å²) < 4.78 is 44.0. The first-order valence-corrected chi connectivity index (χ1v) is 6.70. The fourth-order valence-corrected chi connectivity index (χ4v) is 1.94. The third kappa shape index (κ3) is 4.45. The first kappa shape index (κ1) is 18.4. The average molecular weight is 339 g/mol. The van der Waals surface area contributed by atoms with Crippen molar-refractivity contribution in [1.29, 1.82) is 0 Å². The molecule has 0 unspecified atom stereocenters. The Hall–Kier alpha value is -1.60. The molecular weight excluding hydrogens is 325 g/mol. The number of carbonyl (C=O) groups is 2. The monoisotopic (exact) mass is 338 g/mol. The number of hydrogen-bond acceptors (Lipinski definition) is 4. The summed E-state index contributed by atoms with van der Waals surface area (Å²) in [6, 6.07) is 4.30. The van der Waals surface area contributed by atoms with Crippen molar-refractivity contribution in [2.45, 2.75) is 31.5 Å². The van der Waals surface area contributed by atoms with Crippen molar-refractivity contribution in [2.24, 2.45) is 0 Å². The summed E-state index contributed by atoms with van der Waals surface area (Å²) in [4.78, 5) is 22.8. The van der Waals surface area contributed by atoms with Crippen LogP contribution in [0.1, 0.15) is 25.3 Å². The highest BCUT2D eigenvalue weighted by Crippen LogP contribution is 2.42. The molecule has 0 aromatic heterocycles. The van der Waals surface area contributed by atoms with Crippen LogP contribution in [0.3, 0.4) is 0 Å². The first-order valence-electron chi connectivity index (χ1n) is 6.32. The molecule has 0 spiro atoms. The molecule has 0 saturated heterocycles.